The van der Waals surface area contributed by atoms with Crippen molar-refractivity contribution in [1.29, 1.82) is 0 Å². The van der Waals surface area contributed by atoms with E-state index in [0.29, 0.717) is 22.7 Å². The minimum Gasteiger partial charge on any atom is -0.454 e. The maximum Gasteiger partial charge on any atom is 0.325 e. The Morgan fingerprint density at radius 2 is 1.76 bits per heavy atom. The van der Waals surface area contributed by atoms with Crippen LogP contribution in [0.5, 0.6) is 11.5 Å². The number of ether oxygens (including phenoxy) is 2. The normalized spacial score (nSPS) is 18.7. The molecule has 34 heavy (non-hydrogen) atoms. The molecule has 0 radical (unpaired) electrons. The highest BCUT2D eigenvalue weighted by atomic mass is 32.2. The number of urea groups is 1. The number of imide groups is 1. The number of carbonyl (C=O) groups is 3. The molecule has 8 nitrogen and oxygen atoms in total. The third-order valence-electron chi connectivity index (χ3n) is 5.66. The van der Waals surface area contributed by atoms with Gasteiger partial charge < -0.3 is 20.1 Å². The van der Waals surface area contributed by atoms with Gasteiger partial charge in [0.05, 0.1) is 5.69 Å². The van der Waals surface area contributed by atoms with Crippen molar-refractivity contribution in [3.8, 4) is 11.5 Å². The van der Waals surface area contributed by atoms with Crippen LogP contribution in [0.3, 0.4) is 0 Å². The molecule has 2 heterocycles. The van der Waals surface area contributed by atoms with Gasteiger partial charge in [0.25, 0.3) is 5.91 Å². The van der Waals surface area contributed by atoms with Crippen molar-refractivity contribution >= 4 is 35.3 Å². The summed E-state index contributed by atoms with van der Waals surface area (Å²) in [4.78, 5) is 41.5. The Kier molecular flexibility index (Phi) is 5.62. The highest BCUT2D eigenvalue weighted by molar-refractivity contribution is 7.99. The summed E-state index contributed by atoms with van der Waals surface area (Å²) in [6.07, 6.45) is 0. The predicted molar refractivity (Wildman–Crippen MR) is 126 cm³/mol. The van der Waals surface area contributed by atoms with Gasteiger partial charge in [-0.2, -0.15) is 0 Å². The van der Waals surface area contributed by atoms with Gasteiger partial charge >= 0.3 is 6.03 Å². The average molecular weight is 476 g/mol. The zero-order valence-electron chi connectivity index (χ0n) is 18.2. The molecule has 5 rings (SSSR count). The molecule has 172 valence electrons. The predicted octanol–water partition coefficient (Wildman–Crippen LogP) is 3.97. The minimum absolute atomic E-state index is 0.103. The fourth-order valence-electron chi connectivity index (χ4n) is 3.85. The van der Waals surface area contributed by atoms with Crippen LogP contribution < -0.4 is 20.1 Å². The molecular formula is C25H21N3O5S. The molecule has 4 amide bonds. The van der Waals surface area contributed by atoms with E-state index < -0.39 is 29.9 Å². The highest BCUT2D eigenvalue weighted by Gasteiger charge is 2.49. The Balaban J connectivity index is 1.30. The van der Waals surface area contributed by atoms with Gasteiger partial charge in [-0.25, -0.2) is 4.79 Å². The summed E-state index contributed by atoms with van der Waals surface area (Å²) in [5.41, 5.74) is -0.172. The molecule has 0 aliphatic carbocycles. The van der Waals surface area contributed by atoms with Crippen molar-refractivity contribution in [2.45, 2.75) is 22.3 Å². The van der Waals surface area contributed by atoms with Crippen LogP contribution in [-0.4, -0.2) is 36.1 Å². The number of hydrogen-bond acceptors (Lipinski definition) is 6. The number of nitrogens with zero attached hydrogens (tertiary/aromatic N) is 1. The van der Waals surface area contributed by atoms with Crippen LogP contribution in [0, 0.1) is 0 Å². The standard InChI is InChI=1S/C25H21N3O5S/c1-25(16-11-12-19-20(13-16)33-15-32-19)23(30)28(24(31)27-25)14-22(29)26-18-9-5-6-10-21(18)34-17-7-3-2-4-8-17/h2-13H,14-15H2,1H3,(H,26,29)(H,27,31)/t25-/m0/s1. The zero-order chi connectivity index (χ0) is 23.7. The molecule has 9 heteroatoms. The van der Waals surface area contributed by atoms with Crippen molar-refractivity contribution in [3.05, 3.63) is 78.4 Å². The number of anilines is 1. The molecule has 0 spiro atoms. The Bertz CT molecular complexity index is 1280. The monoisotopic (exact) mass is 475 g/mol. The van der Waals surface area contributed by atoms with E-state index in [1.165, 1.54) is 11.8 Å². The smallest absolute Gasteiger partial charge is 0.325 e. The van der Waals surface area contributed by atoms with Crippen LogP contribution in [-0.2, 0) is 15.1 Å². The highest BCUT2D eigenvalue weighted by Crippen LogP contribution is 2.38. The van der Waals surface area contributed by atoms with Gasteiger partial charge in [-0.3, -0.25) is 14.5 Å². The topological polar surface area (TPSA) is 97.0 Å². The molecule has 1 fully saturated rings. The Labute approximate surface area is 200 Å². The fourth-order valence-corrected chi connectivity index (χ4v) is 4.77. The van der Waals surface area contributed by atoms with Crippen molar-refractivity contribution in [1.82, 2.24) is 10.2 Å². The lowest BCUT2D eigenvalue weighted by atomic mass is 9.91. The SMILES string of the molecule is C[C@@]1(c2ccc3c(c2)OCO3)NC(=O)N(CC(=O)Nc2ccccc2Sc2ccccc2)C1=O. The molecule has 3 aromatic rings. The van der Waals surface area contributed by atoms with Crippen LogP contribution in [0.15, 0.2) is 82.6 Å². The Morgan fingerprint density at radius 3 is 2.59 bits per heavy atom. The first-order chi connectivity index (χ1) is 16.4. The van der Waals surface area contributed by atoms with Gasteiger partial charge in [-0.05, 0) is 48.9 Å². The molecule has 0 aromatic heterocycles. The van der Waals surface area contributed by atoms with E-state index in [0.717, 1.165) is 14.7 Å². The van der Waals surface area contributed by atoms with Gasteiger partial charge in [0.1, 0.15) is 12.1 Å². The van der Waals surface area contributed by atoms with E-state index in [-0.39, 0.29) is 6.79 Å². The number of hydrogen-bond donors (Lipinski definition) is 2. The molecule has 3 aromatic carbocycles. The van der Waals surface area contributed by atoms with E-state index in [4.69, 9.17) is 9.47 Å². The summed E-state index contributed by atoms with van der Waals surface area (Å²) in [5.74, 6) is 0.0925. The van der Waals surface area contributed by atoms with Gasteiger partial charge in [0, 0.05) is 9.79 Å². The third kappa shape index (κ3) is 4.06. The second-order valence-corrected chi connectivity index (χ2v) is 9.09. The van der Waals surface area contributed by atoms with E-state index in [1.54, 1.807) is 31.2 Å². The maximum absolute atomic E-state index is 13.2. The molecule has 1 saturated heterocycles. The van der Waals surface area contributed by atoms with Gasteiger partial charge in [-0.1, -0.05) is 48.2 Å². The summed E-state index contributed by atoms with van der Waals surface area (Å²) in [5, 5.41) is 5.54. The molecule has 0 bridgehead atoms. The number of benzene rings is 3. The lowest BCUT2D eigenvalue weighted by Gasteiger charge is -2.22. The van der Waals surface area contributed by atoms with Crippen molar-refractivity contribution in [2.24, 2.45) is 0 Å². The first-order valence-electron chi connectivity index (χ1n) is 10.6. The molecular weight excluding hydrogens is 454 g/mol. The van der Waals surface area contributed by atoms with Crippen molar-refractivity contribution in [2.75, 3.05) is 18.7 Å². The number of nitrogens with one attached hydrogen (secondary N) is 2. The first-order valence-corrected chi connectivity index (χ1v) is 11.4. The fraction of sp³-hybridized carbons (Fsp3) is 0.160. The summed E-state index contributed by atoms with van der Waals surface area (Å²) >= 11 is 1.51. The van der Waals surface area contributed by atoms with Gasteiger partial charge in [0.15, 0.2) is 11.5 Å². The number of fused-ring (bicyclic) bond motifs is 1. The molecule has 0 saturated carbocycles. The molecule has 1 atom stereocenters. The van der Waals surface area contributed by atoms with Crippen LogP contribution in [0.2, 0.25) is 0 Å². The second-order valence-electron chi connectivity index (χ2n) is 7.97. The molecule has 2 aliphatic heterocycles. The lowest BCUT2D eigenvalue weighted by molar-refractivity contribution is -0.133. The van der Waals surface area contributed by atoms with Crippen molar-refractivity contribution in [3.63, 3.8) is 0 Å². The summed E-state index contributed by atoms with van der Waals surface area (Å²) in [6, 6.07) is 21.6. The first kappa shape index (κ1) is 21.8. The van der Waals surface area contributed by atoms with E-state index in [1.807, 2.05) is 48.5 Å². The number of carbonyl (C=O) groups excluding carboxylic acids is 3. The van der Waals surface area contributed by atoms with Crippen LogP contribution >= 0.6 is 11.8 Å². The second kappa shape index (κ2) is 8.75. The van der Waals surface area contributed by atoms with Crippen LogP contribution in [0.25, 0.3) is 0 Å². The van der Waals surface area contributed by atoms with Crippen LogP contribution in [0.1, 0.15) is 12.5 Å². The number of amides is 4. The summed E-state index contributed by atoms with van der Waals surface area (Å²) in [6.45, 7) is 1.30. The largest absolute Gasteiger partial charge is 0.454 e. The maximum atomic E-state index is 13.2. The quantitative estimate of drug-likeness (QED) is 0.524. The Morgan fingerprint density at radius 1 is 1.03 bits per heavy atom. The zero-order valence-corrected chi connectivity index (χ0v) is 19.1. The van der Waals surface area contributed by atoms with E-state index in [9.17, 15) is 14.4 Å². The van der Waals surface area contributed by atoms with Crippen LogP contribution in [0.4, 0.5) is 10.5 Å². The third-order valence-corrected chi connectivity index (χ3v) is 6.74. The lowest BCUT2D eigenvalue weighted by Crippen LogP contribution is -2.42. The average Bonchev–Trinajstić information content (AvgIpc) is 3.39. The molecule has 0 unspecified atom stereocenters. The number of rotatable bonds is 6. The molecule has 2 N–H and O–H groups in total. The Hall–Kier alpha value is -3.98. The summed E-state index contributed by atoms with van der Waals surface area (Å²) < 4.78 is 10.7. The molecule has 2 aliphatic rings. The summed E-state index contributed by atoms with van der Waals surface area (Å²) in [7, 11) is 0. The van der Waals surface area contributed by atoms with E-state index in [2.05, 4.69) is 10.6 Å². The van der Waals surface area contributed by atoms with Crippen molar-refractivity contribution < 1.29 is 23.9 Å². The minimum atomic E-state index is -1.32. The van der Waals surface area contributed by atoms with Gasteiger partial charge in [0.2, 0.25) is 12.7 Å². The van der Waals surface area contributed by atoms with Gasteiger partial charge in [-0.15, -0.1) is 0 Å². The van der Waals surface area contributed by atoms with E-state index >= 15 is 0 Å². The number of para-hydroxylation sites is 1.